The summed E-state index contributed by atoms with van der Waals surface area (Å²) in [4.78, 5) is 0. The average Bonchev–Trinajstić information content (AvgIpc) is 2.29. The van der Waals surface area contributed by atoms with Gasteiger partial charge < -0.3 is 5.32 Å². The van der Waals surface area contributed by atoms with Gasteiger partial charge in [0, 0.05) is 11.1 Å². The summed E-state index contributed by atoms with van der Waals surface area (Å²) in [7, 11) is 0. The van der Waals surface area contributed by atoms with Crippen LogP contribution in [0.25, 0.3) is 0 Å². The zero-order valence-electron chi connectivity index (χ0n) is 10.8. The fourth-order valence-corrected chi connectivity index (χ4v) is 1.94. The maximum Gasteiger partial charge on any atom is 0.127 e. The van der Waals surface area contributed by atoms with Gasteiger partial charge in [-0.3, -0.25) is 0 Å². The molecule has 1 aromatic rings. The largest absolute Gasteiger partial charge is 0.314 e. The molecule has 0 aliphatic rings. The molecule has 0 fully saturated rings. The lowest BCUT2D eigenvalue weighted by Gasteiger charge is -2.21. The van der Waals surface area contributed by atoms with E-state index < -0.39 is 0 Å². The predicted molar refractivity (Wildman–Crippen MR) is 72.0 cm³/mol. The molecule has 1 N–H and O–H groups in total. The van der Waals surface area contributed by atoms with Crippen molar-refractivity contribution in [2.75, 3.05) is 6.54 Å². The topological polar surface area (TPSA) is 12.0 Å². The Morgan fingerprint density at radius 2 is 2.06 bits per heavy atom. The molecule has 0 heterocycles. The van der Waals surface area contributed by atoms with E-state index in [0.29, 0.717) is 17.0 Å². The van der Waals surface area contributed by atoms with Gasteiger partial charge in [-0.15, -0.1) is 0 Å². The minimum atomic E-state index is -0.202. The SMILES string of the molecule is CCCNC(C)C(C)Cc1ccc(Cl)cc1F. The summed E-state index contributed by atoms with van der Waals surface area (Å²) in [6, 6.07) is 5.30. The van der Waals surface area contributed by atoms with Crippen LogP contribution in [0.3, 0.4) is 0 Å². The summed E-state index contributed by atoms with van der Waals surface area (Å²) in [5.74, 6) is 0.198. The molecular formula is C14H21ClFN. The third-order valence-electron chi connectivity index (χ3n) is 3.13. The minimum Gasteiger partial charge on any atom is -0.314 e. The van der Waals surface area contributed by atoms with Crippen molar-refractivity contribution in [2.45, 2.75) is 39.7 Å². The molecule has 2 unspecified atom stereocenters. The van der Waals surface area contributed by atoms with Crippen molar-refractivity contribution < 1.29 is 4.39 Å². The molecule has 0 saturated carbocycles. The van der Waals surface area contributed by atoms with Gasteiger partial charge in [0.2, 0.25) is 0 Å². The highest BCUT2D eigenvalue weighted by Crippen LogP contribution is 2.19. The third-order valence-corrected chi connectivity index (χ3v) is 3.36. The Bertz CT molecular complexity index is 354. The van der Waals surface area contributed by atoms with Crippen LogP contribution in [0, 0.1) is 11.7 Å². The maximum atomic E-state index is 13.6. The summed E-state index contributed by atoms with van der Waals surface area (Å²) < 4.78 is 13.6. The van der Waals surface area contributed by atoms with Gasteiger partial charge >= 0.3 is 0 Å². The molecule has 0 aromatic heterocycles. The van der Waals surface area contributed by atoms with E-state index in [0.717, 1.165) is 24.9 Å². The quantitative estimate of drug-likeness (QED) is 0.811. The first kappa shape index (κ1) is 14.5. The van der Waals surface area contributed by atoms with Crippen LogP contribution in [0.1, 0.15) is 32.8 Å². The number of hydrogen-bond acceptors (Lipinski definition) is 1. The highest BCUT2D eigenvalue weighted by atomic mass is 35.5. The second-order valence-corrected chi connectivity index (χ2v) is 5.10. The van der Waals surface area contributed by atoms with E-state index in [-0.39, 0.29) is 5.82 Å². The second kappa shape index (κ2) is 6.97. The maximum absolute atomic E-state index is 13.6. The summed E-state index contributed by atoms with van der Waals surface area (Å²) in [5, 5.41) is 3.89. The molecule has 0 amide bonds. The first-order valence-electron chi connectivity index (χ1n) is 6.22. The van der Waals surface area contributed by atoms with Crippen LogP contribution in [0.4, 0.5) is 4.39 Å². The first-order valence-corrected chi connectivity index (χ1v) is 6.59. The van der Waals surface area contributed by atoms with Gasteiger partial charge in [0.05, 0.1) is 0 Å². The molecule has 0 radical (unpaired) electrons. The van der Waals surface area contributed by atoms with E-state index in [1.54, 1.807) is 12.1 Å². The number of nitrogens with one attached hydrogen (secondary N) is 1. The normalized spacial score (nSPS) is 14.6. The zero-order chi connectivity index (χ0) is 12.8. The van der Waals surface area contributed by atoms with E-state index in [4.69, 9.17) is 11.6 Å². The van der Waals surface area contributed by atoms with Crippen LogP contribution < -0.4 is 5.32 Å². The zero-order valence-corrected chi connectivity index (χ0v) is 11.5. The fraction of sp³-hybridized carbons (Fsp3) is 0.571. The molecule has 0 bridgehead atoms. The van der Waals surface area contributed by atoms with E-state index in [9.17, 15) is 4.39 Å². The van der Waals surface area contributed by atoms with Gasteiger partial charge in [0.1, 0.15) is 5.82 Å². The Balaban J connectivity index is 2.58. The number of hydrogen-bond donors (Lipinski definition) is 1. The molecule has 0 spiro atoms. The van der Waals surface area contributed by atoms with Crippen LogP contribution in [0.5, 0.6) is 0 Å². The molecule has 0 saturated heterocycles. The van der Waals surface area contributed by atoms with Crippen LogP contribution >= 0.6 is 11.6 Å². The molecular weight excluding hydrogens is 237 g/mol. The van der Waals surface area contributed by atoms with Crippen molar-refractivity contribution in [1.29, 1.82) is 0 Å². The Kier molecular flexibility index (Phi) is 5.93. The van der Waals surface area contributed by atoms with Gasteiger partial charge in [-0.1, -0.05) is 31.5 Å². The molecule has 1 nitrogen and oxygen atoms in total. The molecule has 17 heavy (non-hydrogen) atoms. The first-order chi connectivity index (χ1) is 8.04. The lowest BCUT2D eigenvalue weighted by Crippen LogP contribution is -2.33. The van der Waals surface area contributed by atoms with Crippen molar-refractivity contribution in [1.82, 2.24) is 5.32 Å². The van der Waals surface area contributed by atoms with Gasteiger partial charge in [0.15, 0.2) is 0 Å². The van der Waals surface area contributed by atoms with Crippen LogP contribution in [-0.4, -0.2) is 12.6 Å². The number of benzene rings is 1. The lowest BCUT2D eigenvalue weighted by atomic mass is 9.94. The standard InChI is InChI=1S/C14H21ClFN/c1-4-7-17-11(3)10(2)8-12-5-6-13(15)9-14(12)16/h5-6,9-11,17H,4,7-8H2,1-3H3. The van der Waals surface area contributed by atoms with Gasteiger partial charge in [-0.05, 0) is 49.9 Å². The molecule has 96 valence electrons. The monoisotopic (exact) mass is 257 g/mol. The highest BCUT2D eigenvalue weighted by molar-refractivity contribution is 6.30. The van der Waals surface area contributed by atoms with Gasteiger partial charge in [0.25, 0.3) is 0 Å². The Morgan fingerprint density at radius 3 is 2.65 bits per heavy atom. The molecule has 2 atom stereocenters. The molecule has 0 aliphatic carbocycles. The summed E-state index contributed by atoms with van der Waals surface area (Å²) in [6.07, 6.45) is 1.85. The summed E-state index contributed by atoms with van der Waals surface area (Å²) in [5.41, 5.74) is 0.743. The van der Waals surface area contributed by atoms with Crippen molar-refractivity contribution in [3.05, 3.63) is 34.6 Å². The summed E-state index contributed by atoms with van der Waals surface area (Å²) >= 11 is 5.73. The van der Waals surface area contributed by atoms with E-state index >= 15 is 0 Å². The predicted octanol–water partition coefficient (Wildman–Crippen LogP) is 4.05. The Morgan fingerprint density at radius 1 is 1.35 bits per heavy atom. The van der Waals surface area contributed by atoms with Crippen LogP contribution in [0.2, 0.25) is 5.02 Å². The average molecular weight is 258 g/mol. The van der Waals surface area contributed by atoms with E-state index in [1.165, 1.54) is 6.07 Å². The van der Waals surface area contributed by atoms with E-state index in [1.807, 2.05) is 0 Å². The number of halogens is 2. The van der Waals surface area contributed by atoms with Crippen LogP contribution in [0.15, 0.2) is 18.2 Å². The highest BCUT2D eigenvalue weighted by Gasteiger charge is 2.14. The Labute approximate surface area is 108 Å². The van der Waals surface area contributed by atoms with Crippen molar-refractivity contribution in [3.8, 4) is 0 Å². The van der Waals surface area contributed by atoms with Crippen molar-refractivity contribution >= 4 is 11.6 Å². The van der Waals surface area contributed by atoms with Crippen molar-refractivity contribution in [2.24, 2.45) is 5.92 Å². The lowest BCUT2D eigenvalue weighted by molar-refractivity contribution is 0.394. The fourth-order valence-electron chi connectivity index (χ4n) is 1.78. The second-order valence-electron chi connectivity index (χ2n) is 4.66. The smallest absolute Gasteiger partial charge is 0.127 e. The van der Waals surface area contributed by atoms with Gasteiger partial charge in [-0.25, -0.2) is 4.39 Å². The van der Waals surface area contributed by atoms with Crippen LogP contribution in [-0.2, 0) is 6.42 Å². The Hall–Kier alpha value is -0.600. The number of rotatable bonds is 6. The minimum absolute atomic E-state index is 0.202. The van der Waals surface area contributed by atoms with Crippen molar-refractivity contribution in [3.63, 3.8) is 0 Å². The molecule has 0 aliphatic heterocycles. The molecule has 3 heteroatoms. The van der Waals surface area contributed by atoms with E-state index in [2.05, 4.69) is 26.1 Å². The molecule has 1 rings (SSSR count). The third kappa shape index (κ3) is 4.64. The summed E-state index contributed by atoms with van der Waals surface area (Å²) in [6.45, 7) is 7.44. The molecule has 1 aromatic carbocycles. The van der Waals surface area contributed by atoms with Gasteiger partial charge in [-0.2, -0.15) is 0 Å².